The van der Waals surface area contributed by atoms with Crippen LogP contribution in [0.4, 0.5) is 0 Å². The maximum absolute atomic E-state index is 11.3. The van der Waals surface area contributed by atoms with E-state index in [1.807, 2.05) is 30.4 Å². The van der Waals surface area contributed by atoms with E-state index in [1.165, 1.54) is 0 Å². The quantitative estimate of drug-likeness (QED) is 0.866. The third-order valence-corrected chi connectivity index (χ3v) is 3.62. The molecule has 0 fully saturated rings. The van der Waals surface area contributed by atoms with E-state index in [0.717, 1.165) is 5.69 Å². The third kappa shape index (κ3) is 2.99. The van der Waals surface area contributed by atoms with Gasteiger partial charge in [-0.05, 0) is 25.0 Å². The number of carbonyl (C=O) groups is 1. The van der Waals surface area contributed by atoms with Gasteiger partial charge in [0, 0.05) is 11.9 Å². The van der Waals surface area contributed by atoms with Gasteiger partial charge in [-0.2, -0.15) is 4.98 Å². The summed E-state index contributed by atoms with van der Waals surface area (Å²) in [5.41, 5.74) is 0.850. The largest absolute Gasteiger partial charge is 0.481 e. The zero-order valence-electron chi connectivity index (χ0n) is 11.3. The van der Waals surface area contributed by atoms with E-state index in [9.17, 15) is 9.90 Å². The van der Waals surface area contributed by atoms with E-state index < -0.39 is 11.9 Å². The molecule has 0 amide bonds. The monoisotopic (exact) mass is 285 g/mol. The molecule has 21 heavy (non-hydrogen) atoms. The van der Waals surface area contributed by atoms with Crippen LogP contribution in [-0.4, -0.2) is 26.2 Å². The summed E-state index contributed by atoms with van der Waals surface area (Å²) in [4.78, 5) is 19.9. The molecule has 0 bridgehead atoms. The molecule has 0 aromatic carbocycles. The minimum atomic E-state index is -0.825. The normalized spacial score (nSPS) is 21.3. The average Bonchev–Trinajstić information content (AvgIpc) is 2.96. The first kappa shape index (κ1) is 13.5. The van der Waals surface area contributed by atoms with Crippen LogP contribution in [0, 0.1) is 5.92 Å². The van der Waals surface area contributed by atoms with Crippen LogP contribution >= 0.6 is 0 Å². The number of carboxylic acids is 1. The first-order valence-corrected chi connectivity index (χ1v) is 6.84. The van der Waals surface area contributed by atoms with Gasteiger partial charge in [-0.1, -0.05) is 23.4 Å². The Morgan fingerprint density at radius 3 is 2.95 bits per heavy atom. The van der Waals surface area contributed by atoms with Gasteiger partial charge < -0.3 is 9.63 Å². The summed E-state index contributed by atoms with van der Waals surface area (Å²) in [6.07, 6.45) is 7.15. The lowest BCUT2D eigenvalue weighted by atomic mass is 9.83. The first-order chi connectivity index (χ1) is 10.2. The summed E-state index contributed by atoms with van der Waals surface area (Å²) >= 11 is 0. The topological polar surface area (TPSA) is 89.1 Å². The van der Waals surface area contributed by atoms with Crippen LogP contribution in [0.5, 0.6) is 0 Å². The van der Waals surface area contributed by atoms with Crippen LogP contribution in [-0.2, 0) is 11.2 Å². The minimum absolute atomic E-state index is 0.252. The second kappa shape index (κ2) is 5.87. The van der Waals surface area contributed by atoms with Gasteiger partial charge in [0.05, 0.1) is 18.3 Å². The van der Waals surface area contributed by atoms with E-state index >= 15 is 0 Å². The molecule has 6 nitrogen and oxygen atoms in total. The lowest BCUT2D eigenvalue weighted by molar-refractivity contribution is -0.142. The molecular weight excluding hydrogens is 270 g/mol. The van der Waals surface area contributed by atoms with Crippen molar-refractivity contribution >= 4 is 5.97 Å². The lowest BCUT2D eigenvalue weighted by Gasteiger charge is -2.21. The van der Waals surface area contributed by atoms with Gasteiger partial charge >= 0.3 is 5.97 Å². The van der Waals surface area contributed by atoms with Crippen LogP contribution in [0.3, 0.4) is 0 Å². The van der Waals surface area contributed by atoms with Crippen molar-refractivity contribution in [3.63, 3.8) is 0 Å². The Kier molecular flexibility index (Phi) is 3.77. The van der Waals surface area contributed by atoms with Crippen molar-refractivity contribution in [3.05, 3.63) is 54.0 Å². The van der Waals surface area contributed by atoms with Gasteiger partial charge in [0.15, 0.2) is 5.82 Å². The zero-order chi connectivity index (χ0) is 14.7. The predicted molar refractivity (Wildman–Crippen MR) is 73.6 cm³/mol. The Bertz CT molecular complexity index is 651. The number of aliphatic carboxylic acids is 1. The molecule has 2 heterocycles. The maximum Gasteiger partial charge on any atom is 0.307 e. The molecule has 2 aromatic rings. The van der Waals surface area contributed by atoms with Crippen molar-refractivity contribution in [3.8, 4) is 0 Å². The van der Waals surface area contributed by atoms with Gasteiger partial charge in [-0.15, -0.1) is 0 Å². The second-order valence-electron chi connectivity index (χ2n) is 5.04. The summed E-state index contributed by atoms with van der Waals surface area (Å²) in [6, 6.07) is 5.63. The number of hydrogen-bond donors (Lipinski definition) is 1. The number of carboxylic acid groups (broad SMARTS) is 1. The highest BCUT2D eigenvalue weighted by atomic mass is 16.5. The Morgan fingerprint density at radius 2 is 2.19 bits per heavy atom. The molecule has 1 aliphatic rings. The summed E-state index contributed by atoms with van der Waals surface area (Å²) in [6.45, 7) is 0. The molecule has 6 heteroatoms. The Labute approximate surface area is 121 Å². The van der Waals surface area contributed by atoms with E-state index in [0.29, 0.717) is 31.0 Å². The van der Waals surface area contributed by atoms with Crippen molar-refractivity contribution in [2.75, 3.05) is 0 Å². The molecule has 2 unspecified atom stereocenters. The molecule has 1 N–H and O–H groups in total. The van der Waals surface area contributed by atoms with Crippen LogP contribution in [0.2, 0.25) is 0 Å². The second-order valence-corrected chi connectivity index (χ2v) is 5.04. The zero-order valence-corrected chi connectivity index (χ0v) is 11.3. The van der Waals surface area contributed by atoms with Gasteiger partial charge in [-0.25, -0.2) is 0 Å². The number of pyridine rings is 1. The van der Waals surface area contributed by atoms with Crippen molar-refractivity contribution in [2.24, 2.45) is 5.92 Å². The molecule has 0 spiro atoms. The fourth-order valence-electron chi connectivity index (χ4n) is 2.51. The number of nitrogens with zero attached hydrogens (tertiary/aromatic N) is 3. The van der Waals surface area contributed by atoms with Gasteiger partial charge in [-0.3, -0.25) is 9.78 Å². The standard InChI is InChI=1S/C15H15N3O3/c19-15(20)12-7-2-1-6-11(12)14-17-13(18-21-14)9-10-5-3-4-8-16-10/h1-5,8,11-12H,6-7,9H2,(H,19,20). The maximum atomic E-state index is 11.3. The molecule has 0 saturated carbocycles. The van der Waals surface area contributed by atoms with Crippen LogP contribution in [0.1, 0.15) is 36.2 Å². The molecule has 0 radical (unpaired) electrons. The molecule has 1 aliphatic carbocycles. The van der Waals surface area contributed by atoms with Gasteiger partial charge in [0.25, 0.3) is 0 Å². The lowest BCUT2D eigenvalue weighted by Crippen LogP contribution is -2.23. The third-order valence-electron chi connectivity index (χ3n) is 3.62. The molecular formula is C15H15N3O3. The van der Waals surface area contributed by atoms with E-state index in [4.69, 9.17) is 4.52 Å². The van der Waals surface area contributed by atoms with Crippen molar-refractivity contribution in [1.82, 2.24) is 15.1 Å². The van der Waals surface area contributed by atoms with Crippen LogP contribution in [0.15, 0.2) is 41.1 Å². The molecule has 0 saturated heterocycles. The fourth-order valence-corrected chi connectivity index (χ4v) is 2.51. The Hall–Kier alpha value is -2.50. The van der Waals surface area contributed by atoms with Crippen molar-refractivity contribution in [2.45, 2.75) is 25.2 Å². The van der Waals surface area contributed by atoms with Crippen LogP contribution < -0.4 is 0 Å². The van der Waals surface area contributed by atoms with E-state index in [1.54, 1.807) is 6.20 Å². The molecule has 3 rings (SSSR count). The SMILES string of the molecule is O=C(O)C1CC=CCC1c1nc(Cc2ccccn2)no1. The van der Waals surface area contributed by atoms with Gasteiger partial charge in [0.1, 0.15) is 0 Å². The van der Waals surface area contributed by atoms with Gasteiger partial charge in [0.2, 0.25) is 5.89 Å². The minimum Gasteiger partial charge on any atom is -0.481 e. The highest BCUT2D eigenvalue weighted by Crippen LogP contribution is 2.33. The fraction of sp³-hybridized carbons (Fsp3) is 0.333. The van der Waals surface area contributed by atoms with E-state index in [-0.39, 0.29) is 5.92 Å². The van der Waals surface area contributed by atoms with Crippen molar-refractivity contribution < 1.29 is 14.4 Å². The average molecular weight is 285 g/mol. The summed E-state index contributed by atoms with van der Waals surface area (Å²) in [5, 5.41) is 13.2. The summed E-state index contributed by atoms with van der Waals surface area (Å²) in [7, 11) is 0. The number of rotatable bonds is 4. The van der Waals surface area contributed by atoms with Crippen LogP contribution in [0.25, 0.3) is 0 Å². The molecule has 2 aromatic heterocycles. The first-order valence-electron chi connectivity index (χ1n) is 6.84. The summed E-state index contributed by atoms with van der Waals surface area (Å²) < 4.78 is 5.27. The Morgan fingerprint density at radius 1 is 1.33 bits per heavy atom. The predicted octanol–water partition coefficient (Wildman–Crippen LogP) is 2.19. The highest BCUT2D eigenvalue weighted by Gasteiger charge is 2.33. The molecule has 0 aliphatic heterocycles. The summed E-state index contributed by atoms with van der Waals surface area (Å²) in [5.74, 6) is -0.649. The molecule has 108 valence electrons. The number of allylic oxidation sites excluding steroid dienone is 2. The highest BCUT2D eigenvalue weighted by molar-refractivity contribution is 5.71. The number of aromatic nitrogens is 3. The smallest absolute Gasteiger partial charge is 0.307 e. The van der Waals surface area contributed by atoms with Crippen molar-refractivity contribution in [1.29, 1.82) is 0 Å². The number of hydrogen-bond acceptors (Lipinski definition) is 5. The van der Waals surface area contributed by atoms with E-state index in [2.05, 4.69) is 15.1 Å². The Balaban J connectivity index is 1.78. The molecule has 2 atom stereocenters.